The molecular formula is C24H28FN3O3. The van der Waals surface area contributed by atoms with Crippen molar-refractivity contribution in [1.29, 1.82) is 0 Å². The second-order valence-corrected chi connectivity index (χ2v) is 7.80. The van der Waals surface area contributed by atoms with Crippen molar-refractivity contribution in [1.82, 2.24) is 10.2 Å². The van der Waals surface area contributed by atoms with E-state index in [1.54, 1.807) is 6.08 Å². The summed E-state index contributed by atoms with van der Waals surface area (Å²) in [6.07, 6.45) is 3.20. The second kappa shape index (κ2) is 9.39. The summed E-state index contributed by atoms with van der Waals surface area (Å²) in [5.41, 5.74) is 2.60. The summed E-state index contributed by atoms with van der Waals surface area (Å²) in [5, 5.41) is 2.96. The third-order valence-electron chi connectivity index (χ3n) is 5.80. The lowest BCUT2D eigenvalue weighted by molar-refractivity contribution is -0.117. The molecule has 2 aromatic rings. The average molecular weight is 426 g/mol. The van der Waals surface area contributed by atoms with E-state index in [1.807, 2.05) is 31.2 Å². The fraction of sp³-hybridized carbons (Fsp3) is 0.375. The predicted octanol–water partition coefficient (Wildman–Crippen LogP) is 3.59. The number of fused-ring (bicyclic) bond motifs is 1. The topological polar surface area (TPSA) is 54.0 Å². The number of rotatable bonds is 6. The van der Waals surface area contributed by atoms with Crippen LogP contribution in [0.5, 0.6) is 11.5 Å². The van der Waals surface area contributed by atoms with E-state index in [1.165, 1.54) is 18.2 Å². The highest BCUT2D eigenvalue weighted by Crippen LogP contribution is 2.33. The molecule has 31 heavy (non-hydrogen) atoms. The molecule has 1 fully saturated rings. The quantitative estimate of drug-likeness (QED) is 0.717. The van der Waals surface area contributed by atoms with Crippen LogP contribution in [0.2, 0.25) is 0 Å². The zero-order valence-corrected chi connectivity index (χ0v) is 17.9. The number of nitrogens with one attached hydrogen (secondary N) is 1. The maximum atomic E-state index is 14.0. The third-order valence-corrected chi connectivity index (χ3v) is 5.80. The van der Waals surface area contributed by atoms with Crippen LogP contribution in [0.15, 0.2) is 42.5 Å². The molecule has 2 aliphatic heterocycles. The van der Waals surface area contributed by atoms with E-state index in [4.69, 9.17) is 9.47 Å². The predicted molar refractivity (Wildman–Crippen MR) is 119 cm³/mol. The highest BCUT2D eigenvalue weighted by atomic mass is 19.1. The molecule has 0 aromatic heterocycles. The molecule has 2 aromatic carbocycles. The number of nitrogens with zero attached hydrogens (tertiary/aromatic N) is 2. The number of amides is 1. The number of hydrogen-bond acceptors (Lipinski definition) is 5. The highest BCUT2D eigenvalue weighted by Gasteiger charge is 2.21. The fourth-order valence-electron chi connectivity index (χ4n) is 3.99. The Bertz CT molecular complexity index is 971. The molecule has 0 saturated carbocycles. The highest BCUT2D eigenvalue weighted by molar-refractivity contribution is 5.92. The fourth-order valence-corrected chi connectivity index (χ4v) is 3.99. The van der Waals surface area contributed by atoms with Crippen LogP contribution in [0.4, 0.5) is 10.1 Å². The van der Waals surface area contributed by atoms with Gasteiger partial charge in [0.15, 0.2) is 11.5 Å². The summed E-state index contributed by atoms with van der Waals surface area (Å²) in [6.45, 7) is 9.02. The number of benzene rings is 2. The molecule has 0 radical (unpaired) electrons. The molecule has 1 saturated heterocycles. The number of hydrogen-bond donors (Lipinski definition) is 1. The van der Waals surface area contributed by atoms with Crippen molar-refractivity contribution in [2.75, 3.05) is 44.4 Å². The Kier molecular flexibility index (Phi) is 6.42. The first kappa shape index (κ1) is 21.2. The summed E-state index contributed by atoms with van der Waals surface area (Å²) in [6, 6.07) is 10.0. The maximum absolute atomic E-state index is 14.0. The van der Waals surface area contributed by atoms with Crippen molar-refractivity contribution >= 4 is 17.7 Å². The average Bonchev–Trinajstić information content (AvgIpc) is 3.25. The number of halogens is 1. The molecule has 1 amide bonds. The Morgan fingerprint density at radius 2 is 1.90 bits per heavy atom. The van der Waals surface area contributed by atoms with Gasteiger partial charge >= 0.3 is 0 Å². The van der Waals surface area contributed by atoms with Crippen LogP contribution in [0.1, 0.15) is 31.0 Å². The Morgan fingerprint density at radius 3 is 2.68 bits per heavy atom. The smallest absolute Gasteiger partial charge is 0.244 e. The van der Waals surface area contributed by atoms with Crippen LogP contribution in [-0.2, 0) is 4.79 Å². The van der Waals surface area contributed by atoms with Gasteiger partial charge in [-0.25, -0.2) is 4.39 Å². The van der Waals surface area contributed by atoms with Gasteiger partial charge in [0.25, 0.3) is 0 Å². The van der Waals surface area contributed by atoms with Crippen molar-refractivity contribution in [2.45, 2.75) is 19.9 Å². The van der Waals surface area contributed by atoms with Crippen molar-refractivity contribution in [3.63, 3.8) is 0 Å². The van der Waals surface area contributed by atoms with E-state index < -0.39 is 0 Å². The van der Waals surface area contributed by atoms with E-state index in [-0.39, 0.29) is 24.6 Å². The molecule has 2 heterocycles. The van der Waals surface area contributed by atoms with Gasteiger partial charge in [0.05, 0.1) is 6.04 Å². The molecular weight excluding hydrogens is 397 g/mol. The lowest BCUT2D eigenvalue weighted by Crippen LogP contribution is -2.46. The number of carbonyl (C=O) groups excluding carboxylic acids is 1. The SMILES string of the molecule is CCN1CCN(c2ccc(F)cc2[C@@H](C)NC(=O)/C=C\c2ccc3c(c2)OCO3)CC1. The van der Waals surface area contributed by atoms with Crippen molar-refractivity contribution in [3.8, 4) is 11.5 Å². The molecule has 0 unspecified atom stereocenters. The Morgan fingerprint density at radius 1 is 1.13 bits per heavy atom. The van der Waals surface area contributed by atoms with Gasteiger partial charge in [0.1, 0.15) is 5.82 Å². The first-order valence-electron chi connectivity index (χ1n) is 10.7. The van der Waals surface area contributed by atoms with Gasteiger partial charge in [0.2, 0.25) is 12.7 Å². The summed E-state index contributed by atoms with van der Waals surface area (Å²) >= 11 is 0. The van der Waals surface area contributed by atoms with Crippen molar-refractivity contribution < 1.29 is 18.7 Å². The summed E-state index contributed by atoms with van der Waals surface area (Å²) < 4.78 is 24.7. The van der Waals surface area contributed by atoms with E-state index in [2.05, 4.69) is 22.0 Å². The van der Waals surface area contributed by atoms with E-state index >= 15 is 0 Å². The Balaban J connectivity index is 1.43. The minimum Gasteiger partial charge on any atom is -0.454 e. The summed E-state index contributed by atoms with van der Waals surface area (Å²) in [4.78, 5) is 17.2. The lowest BCUT2D eigenvalue weighted by atomic mass is 10.0. The van der Waals surface area contributed by atoms with Crippen LogP contribution in [-0.4, -0.2) is 50.3 Å². The number of piperazine rings is 1. The van der Waals surface area contributed by atoms with Gasteiger partial charge in [-0.15, -0.1) is 0 Å². The minimum absolute atomic E-state index is 0.212. The standard InChI is InChI=1S/C24H28FN3O3/c1-3-27-10-12-28(13-11-27)21-7-6-19(25)15-20(21)17(2)26-24(29)9-5-18-4-8-22-23(14-18)31-16-30-22/h4-9,14-15,17H,3,10-13,16H2,1-2H3,(H,26,29)/b9-5-/t17-/m1/s1. The monoisotopic (exact) mass is 425 g/mol. The number of likely N-dealkylation sites (N-methyl/N-ethyl adjacent to an activating group) is 1. The first-order valence-corrected chi connectivity index (χ1v) is 10.7. The Hall–Kier alpha value is -3.06. The summed E-state index contributed by atoms with van der Waals surface area (Å²) in [5.74, 6) is 0.830. The zero-order valence-electron chi connectivity index (χ0n) is 17.9. The van der Waals surface area contributed by atoms with Crippen molar-refractivity contribution in [2.24, 2.45) is 0 Å². The Labute approximate surface area is 182 Å². The normalized spacial score (nSPS) is 17.2. The molecule has 0 bridgehead atoms. The second-order valence-electron chi connectivity index (χ2n) is 7.80. The zero-order chi connectivity index (χ0) is 21.8. The largest absolute Gasteiger partial charge is 0.454 e. The van der Waals surface area contributed by atoms with Crippen LogP contribution in [0.25, 0.3) is 6.08 Å². The van der Waals surface area contributed by atoms with Gasteiger partial charge in [-0.3, -0.25) is 4.79 Å². The van der Waals surface area contributed by atoms with E-state index in [0.717, 1.165) is 49.5 Å². The minimum atomic E-state index is -0.330. The number of ether oxygens (including phenoxy) is 2. The molecule has 4 rings (SSSR count). The van der Waals surface area contributed by atoms with E-state index in [9.17, 15) is 9.18 Å². The van der Waals surface area contributed by atoms with E-state index in [0.29, 0.717) is 11.5 Å². The summed E-state index contributed by atoms with van der Waals surface area (Å²) in [7, 11) is 0. The third kappa shape index (κ3) is 4.99. The van der Waals surface area contributed by atoms with Gasteiger partial charge in [0, 0.05) is 43.5 Å². The van der Waals surface area contributed by atoms with Gasteiger partial charge < -0.3 is 24.6 Å². The molecule has 6 nitrogen and oxygen atoms in total. The van der Waals surface area contributed by atoms with Crippen LogP contribution in [0, 0.1) is 5.82 Å². The van der Waals surface area contributed by atoms with Gasteiger partial charge in [-0.05, 0) is 55.4 Å². The number of carbonyl (C=O) groups is 1. The van der Waals surface area contributed by atoms with Gasteiger partial charge in [-0.1, -0.05) is 13.0 Å². The van der Waals surface area contributed by atoms with Crippen molar-refractivity contribution in [3.05, 3.63) is 59.4 Å². The van der Waals surface area contributed by atoms with Crippen LogP contribution in [0.3, 0.4) is 0 Å². The lowest BCUT2D eigenvalue weighted by Gasteiger charge is -2.37. The molecule has 1 atom stereocenters. The number of anilines is 1. The van der Waals surface area contributed by atoms with Gasteiger partial charge in [-0.2, -0.15) is 0 Å². The van der Waals surface area contributed by atoms with Crippen LogP contribution >= 0.6 is 0 Å². The molecule has 2 aliphatic rings. The molecule has 1 N–H and O–H groups in total. The molecule has 164 valence electrons. The van der Waals surface area contributed by atoms with Crippen LogP contribution < -0.4 is 19.7 Å². The maximum Gasteiger partial charge on any atom is 0.244 e. The first-order chi connectivity index (χ1) is 15.0. The molecule has 0 spiro atoms. The molecule has 7 heteroatoms. The molecule has 0 aliphatic carbocycles.